The van der Waals surface area contributed by atoms with Gasteiger partial charge in [0.25, 0.3) is 5.91 Å². The number of nitrogens with one attached hydrogen (secondary N) is 2. The summed E-state index contributed by atoms with van der Waals surface area (Å²) in [6.07, 6.45) is 2.44. The molecule has 5 heteroatoms. The fourth-order valence-electron chi connectivity index (χ4n) is 2.65. The van der Waals surface area contributed by atoms with E-state index in [4.69, 9.17) is 0 Å². The summed E-state index contributed by atoms with van der Waals surface area (Å²) < 4.78 is 0. The van der Waals surface area contributed by atoms with Crippen molar-refractivity contribution in [3.05, 3.63) is 35.4 Å². The topological polar surface area (TPSA) is 78.4 Å². The van der Waals surface area contributed by atoms with E-state index >= 15 is 0 Å². The molecule has 2 rings (SSSR count). The van der Waals surface area contributed by atoms with E-state index in [2.05, 4.69) is 10.6 Å². The number of aryl methyl sites for hydroxylation is 1. The van der Waals surface area contributed by atoms with E-state index in [-0.39, 0.29) is 30.4 Å². The summed E-state index contributed by atoms with van der Waals surface area (Å²) in [5.74, 6) is -0.332. The molecule has 5 nitrogen and oxygen atoms in total. The number of carbonyl (C=O) groups excluding carboxylic acids is 2. The molecule has 0 saturated heterocycles. The fraction of sp³-hybridized carbons (Fsp3) is 0.500. The number of aliphatic hydroxyl groups is 1. The Hall–Kier alpha value is -1.88. The summed E-state index contributed by atoms with van der Waals surface area (Å²) in [5, 5.41) is 15.1. The lowest BCUT2D eigenvalue weighted by Gasteiger charge is -2.15. The molecule has 0 heterocycles. The van der Waals surface area contributed by atoms with E-state index in [0.29, 0.717) is 12.1 Å². The Kier molecular flexibility index (Phi) is 5.33. The highest BCUT2D eigenvalue weighted by Crippen LogP contribution is 2.24. The first-order chi connectivity index (χ1) is 10.1. The SMILES string of the molecule is Cc1ccccc1C(=O)NCC(=O)NCC1CCCC1O. The van der Waals surface area contributed by atoms with Crippen LogP contribution >= 0.6 is 0 Å². The van der Waals surface area contributed by atoms with Crippen LogP contribution in [0.1, 0.15) is 35.2 Å². The third kappa shape index (κ3) is 4.29. The molecule has 1 aromatic carbocycles. The molecule has 0 bridgehead atoms. The van der Waals surface area contributed by atoms with Crippen molar-refractivity contribution in [2.24, 2.45) is 5.92 Å². The molecule has 0 spiro atoms. The van der Waals surface area contributed by atoms with Gasteiger partial charge in [0, 0.05) is 18.0 Å². The molecule has 1 aliphatic rings. The van der Waals surface area contributed by atoms with Gasteiger partial charge in [0.05, 0.1) is 12.6 Å². The number of rotatable bonds is 5. The Balaban J connectivity index is 1.74. The van der Waals surface area contributed by atoms with Gasteiger partial charge in [-0.1, -0.05) is 24.6 Å². The van der Waals surface area contributed by atoms with Gasteiger partial charge in [-0.05, 0) is 31.4 Å². The number of hydrogen-bond acceptors (Lipinski definition) is 3. The van der Waals surface area contributed by atoms with Gasteiger partial charge in [-0.15, -0.1) is 0 Å². The Morgan fingerprint density at radius 2 is 2.00 bits per heavy atom. The number of benzene rings is 1. The number of carbonyl (C=O) groups is 2. The molecule has 114 valence electrons. The van der Waals surface area contributed by atoms with E-state index in [9.17, 15) is 14.7 Å². The predicted octanol–water partition coefficient (Wildman–Crippen LogP) is 1.00. The number of hydrogen-bond donors (Lipinski definition) is 3. The average molecular weight is 290 g/mol. The van der Waals surface area contributed by atoms with E-state index in [0.717, 1.165) is 24.8 Å². The molecule has 0 aromatic heterocycles. The van der Waals surface area contributed by atoms with Crippen molar-refractivity contribution < 1.29 is 14.7 Å². The Morgan fingerprint density at radius 1 is 1.24 bits per heavy atom. The smallest absolute Gasteiger partial charge is 0.251 e. The van der Waals surface area contributed by atoms with Crippen molar-refractivity contribution in [2.45, 2.75) is 32.3 Å². The minimum atomic E-state index is -0.313. The highest BCUT2D eigenvalue weighted by atomic mass is 16.3. The van der Waals surface area contributed by atoms with Gasteiger partial charge in [0.1, 0.15) is 0 Å². The standard InChI is InChI=1S/C16H22N2O3/c1-11-5-2-3-7-13(11)16(21)18-10-15(20)17-9-12-6-4-8-14(12)19/h2-3,5,7,12,14,19H,4,6,8-10H2,1H3,(H,17,20)(H,18,21). The molecular weight excluding hydrogens is 268 g/mol. The van der Waals surface area contributed by atoms with Gasteiger partial charge in [-0.2, -0.15) is 0 Å². The van der Waals surface area contributed by atoms with Crippen LogP contribution in [0.2, 0.25) is 0 Å². The molecule has 1 aliphatic carbocycles. The molecular formula is C16H22N2O3. The molecule has 3 N–H and O–H groups in total. The first kappa shape index (κ1) is 15.5. The Labute approximate surface area is 124 Å². The van der Waals surface area contributed by atoms with Crippen molar-refractivity contribution in [2.75, 3.05) is 13.1 Å². The highest BCUT2D eigenvalue weighted by Gasteiger charge is 2.25. The highest BCUT2D eigenvalue weighted by molar-refractivity contribution is 5.97. The van der Waals surface area contributed by atoms with Crippen LogP contribution < -0.4 is 10.6 Å². The fourth-order valence-corrected chi connectivity index (χ4v) is 2.65. The lowest BCUT2D eigenvalue weighted by molar-refractivity contribution is -0.120. The molecule has 0 radical (unpaired) electrons. The zero-order valence-corrected chi connectivity index (χ0v) is 12.3. The molecule has 2 amide bonds. The third-order valence-corrected chi connectivity index (χ3v) is 3.98. The largest absolute Gasteiger partial charge is 0.393 e. The van der Waals surface area contributed by atoms with Crippen molar-refractivity contribution in [3.8, 4) is 0 Å². The molecule has 1 aromatic rings. The maximum absolute atomic E-state index is 12.0. The van der Waals surface area contributed by atoms with Gasteiger partial charge >= 0.3 is 0 Å². The summed E-state index contributed by atoms with van der Waals surface area (Å²) in [6.45, 7) is 2.28. The van der Waals surface area contributed by atoms with Crippen molar-refractivity contribution >= 4 is 11.8 Å². The minimum Gasteiger partial charge on any atom is -0.393 e. The zero-order valence-electron chi connectivity index (χ0n) is 12.3. The van der Waals surface area contributed by atoms with E-state index in [1.54, 1.807) is 12.1 Å². The van der Waals surface area contributed by atoms with Gasteiger partial charge in [0.15, 0.2) is 0 Å². The van der Waals surface area contributed by atoms with Crippen molar-refractivity contribution in [1.82, 2.24) is 10.6 Å². The second-order valence-corrected chi connectivity index (χ2v) is 5.56. The van der Waals surface area contributed by atoms with Crippen LogP contribution in [0.5, 0.6) is 0 Å². The van der Waals surface area contributed by atoms with E-state index in [1.165, 1.54) is 0 Å². The van der Waals surface area contributed by atoms with Crippen LogP contribution in [0.4, 0.5) is 0 Å². The van der Waals surface area contributed by atoms with Crippen molar-refractivity contribution in [3.63, 3.8) is 0 Å². The molecule has 21 heavy (non-hydrogen) atoms. The number of aliphatic hydroxyl groups excluding tert-OH is 1. The van der Waals surface area contributed by atoms with Gasteiger partial charge in [-0.3, -0.25) is 9.59 Å². The van der Waals surface area contributed by atoms with Crippen molar-refractivity contribution in [1.29, 1.82) is 0 Å². The van der Waals surface area contributed by atoms with Crippen LogP contribution in [0, 0.1) is 12.8 Å². The predicted molar refractivity (Wildman–Crippen MR) is 79.9 cm³/mol. The second-order valence-electron chi connectivity index (χ2n) is 5.56. The maximum Gasteiger partial charge on any atom is 0.251 e. The van der Waals surface area contributed by atoms with Crippen LogP contribution in [0.3, 0.4) is 0 Å². The summed E-state index contributed by atoms with van der Waals surface area (Å²) in [5.41, 5.74) is 1.46. The first-order valence-corrected chi connectivity index (χ1v) is 7.36. The average Bonchev–Trinajstić information content (AvgIpc) is 2.88. The lowest BCUT2D eigenvalue weighted by Crippen LogP contribution is -2.40. The normalized spacial score (nSPS) is 21.0. The lowest BCUT2D eigenvalue weighted by atomic mass is 10.1. The molecule has 1 fully saturated rings. The molecule has 1 saturated carbocycles. The zero-order chi connectivity index (χ0) is 15.2. The second kappa shape index (κ2) is 7.22. The van der Waals surface area contributed by atoms with Gasteiger partial charge < -0.3 is 15.7 Å². The van der Waals surface area contributed by atoms with Crippen LogP contribution in [-0.4, -0.2) is 36.1 Å². The van der Waals surface area contributed by atoms with Crippen LogP contribution in [0.15, 0.2) is 24.3 Å². The van der Waals surface area contributed by atoms with E-state index in [1.807, 2.05) is 19.1 Å². The third-order valence-electron chi connectivity index (χ3n) is 3.98. The van der Waals surface area contributed by atoms with E-state index < -0.39 is 0 Å². The van der Waals surface area contributed by atoms with Gasteiger partial charge in [0.2, 0.25) is 5.91 Å². The van der Waals surface area contributed by atoms with Gasteiger partial charge in [-0.25, -0.2) is 0 Å². The molecule has 2 unspecified atom stereocenters. The Bertz CT molecular complexity index is 516. The first-order valence-electron chi connectivity index (χ1n) is 7.36. The quantitative estimate of drug-likeness (QED) is 0.757. The molecule has 0 aliphatic heterocycles. The monoisotopic (exact) mass is 290 g/mol. The van der Waals surface area contributed by atoms with Crippen LogP contribution in [0.25, 0.3) is 0 Å². The summed E-state index contributed by atoms with van der Waals surface area (Å²) in [4.78, 5) is 23.7. The summed E-state index contributed by atoms with van der Waals surface area (Å²) >= 11 is 0. The Morgan fingerprint density at radius 3 is 2.67 bits per heavy atom. The number of amides is 2. The summed E-state index contributed by atoms with van der Waals surface area (Å²) in [7, 11) is 0. The molecule has 2 atom stereocenters. The summed E-state index contributed by atoms with van der Waals surface area (Å²) in [6, 6.07) is 7.25. The maximum atomic E-state index is 12.0. The minimum absolute atomic E-state index is 0.0457. The van der Waals surface area contributed by atoms with Crippen LogP contribution in [-0.2, 0) is 4.79 Å².